The second-order valence-corrected chi connectivity index (χ2v) is 21.6. The average molecular weight is 1350 g/mol. The third-order valence-corrected chi connectivity index (χ3v) is 12.9. The van der Waals surface area contributed by atoms with Crippen molar-refractivity contribution in [2.24, 2.45) is 0 Å². The van der Waals surface area contributed by atoms with Crippen LogP contribution in [0, 0.1) is 0 Å². The smallest absolute Gasteiger partial charge is 0.413 e. The fourth-order valence-electron chi connectivity index (χ4n) is 7.96. The zero-order chi connectivity index (χ0) is 72.6. The minimum absolute atomic E-state index is 0.0387. The molecule has 4 N–H and O–H groups in total. The first-order chi connectivity index (χ1) is 46.5. The molecule has 0 fully saturated rings. The molecule has 0 atom stereocenters. The van der Waals surface area contributed by atoms with Crippen molar-refractivity contribution in [2.75, 3.05) is 52.9 Å². The van der Waals surface area contributed by atoms with Crippen molar-refractivity contribution >= 4 is 83.3 Å². The fourth-order valence-corrected chi connectivity index (χ4v) is 7.96. The van der Waals surface area contributed by atoms with Gasteiger partial charge in [-0.15, -0.1) is 0 Å². The molecule has 4 rings (SSSR count). The van der Waals surface area contributed by atoms with Gasteiger partial charge in [0.1, 0.15) is 98.0 Å². The number of amides is 4. The largest absolute Gasteiger partial charge is 0.460 e. The zero-order valence-electron chi connectivity index (χ0n) is 54.0. The maximum Gasteiger partial charge on any atom is 0.413 e. The van der Waals surface area contributed by atoms with E-state index in [9.17, 15) is 57.5 Å². The molecular weight excluding hydrogens is 1280 g/mol. The lowest BCUT2D eigenvalue weighted by atomic mass is 9.85. The molecule has 28 heteroatoms. The molecule has 0 radical (unpaired) electrons. The van der Waals surface area contributed by atoms with Crippen molar-refractivity contribution in [3.8, 4) is 23.0 Å². The Morgan fingerprint density at radius 3 is 0.520 bits per heavy atom. The summed E-state index contributed by atoms with van der Waals surface area (Å²) in [5.74, 6) is -6.86. The normalized spacial score (nSPS) is 10.8. The lowest BCUT2D eigenvalue weighted by Crippen LogP contribution is -2.54. The van der Waals surface area contributed by atoms with Crippen LogP contribution in [0.1, 0.15) is 49.9 Å². The molecule has 0 spiro atoms. The van der Waals surface area contributed by atoms with E-state index in [1.807, 2.05) is 0 Å². The van der Waals surface area contributed by atoms with E-state index in [1.54, 1.807) is 48.5 Å². The van der Waals surface area contributed by atoms with Crippen LogP contribution in [0.3, 0.4) is 0 Å². The second kappa shape index (κ2) is 37.3. The summed E-state index contributed by atoms with van der Waals surface area (Å²) in [4.78, 5) is 151. The van der Waals surface area contributed by atoms with E-state index in [2.05, 4.69) is 73.9 Å². The van der Waals surface area contributed by atoms with Crippen LogP contribution < -0.4 is 40.2 Å². The van der Waals surface area contributed by atoms with Gasteiger partial charge < -0.3 is 78.1 Å². The molecule has 0 aliphatic carbocycles. The first-order valence-electron chi connectivity index (χ1n) is 29.0. The molecule has 98 heavy (non-hydrogen) atoms. The SMILES string of the molecule is C=CC(=O)OCC(C)(COC(=O)C=C)NC(=O)Oc1ccc(C(=C(c2ccc(OC(=O)NC(C)(COC(=O)C=C)COC(=O)C=C)cc2)c2ccc(OC(=O)NC(C)(COC(=O)C=C)COC(=O)C=C)cc2)c2ccc(OC(=O)NC(C)(COC(=O)C=C)COC(=O)C=C)cc2)cc1. The summed E-state index contributed by atoms with van der Waals surface area (Å²) in [6.45, 7) is 28.6. The van der Waals surface area contributed by atoms with Crippen molar-refractivity contribution in [1.82, 2.24) is 21.3 Å². The molecule has 0 unspecified atom stereocenters. The molecule has 0 saturated carbocycles. The number of carbonyl (C=O) groups excluding carboxylic acids is 12. The number of benzene rings is 4. The lowest BCUT2D eigenvalue weighted by Gasteiger charge is -2.29. The van der Waals surface area contributed by atoms with Crippen LogP contribution in [0.4, 0.5) is 19.2 Å². The van der Waals surface area contributed by atoms with Gasteiger partial charge in [-0.25, -0.2) is 57.5 Å². The maximum absolute atomic E-state index is 13.6. The minimum atomic E-state index is -1.54. The number of nitrogens with one attached hydrogen (secondary N) is 4. The van der Waals surface area contributed by atoms with Gasteiger partial charge in [0.25, 0.3) is 0 Å². The molecule has 0 aromatic heterocycles. The van der Waals surface area contributed by atoms with Gasteiger partial charge in [0.15, 0.2) is 0 Å². The molecule has 28 nitrogen and oxygen atoms in total. The third kappa shape index (κ3) is 26.1. The van der Waals surface area contributed by atoms with E-state index in [4.69, 9.17) is 56.8 Å². The zero-order valence-corrected chi connectivity index (χ0v) is 54.0. The van der Waals surface area contributed by atoms with E-state index in [0.29, 0.717) is 33.4 Å². The van der Waals surface area contributed by atoms with Gasteiger partial charge in [0.2, 0.25) is 0 Å². The first kappa shape index (κ1) is 77.8. The molecule has 4 amide bonds. The highest BCUT2D eigenvalue weighted by molar-refractivity contribution is 6.05. The summed E-state index contributed by atoms with van der Waals surface area (Å²) in [6, 6.07) is 24.0. The number of rotatable bonds is 36. The Balaban J connectivity index is 1.95. The maximum atomic E-state index is 13.6. The van der Waals surface area contributed by atoms with Crippen LogP contribution in [0.25, 0.3) is 11.1 Å². The number of hydrogen-bond acceptors (Lipinski definition) is 24. The Kier molecular flexibility index (Phi) is 29.6. The molecule has 0 saturated heterocycles. The van der Waals surface area contributed by atoms with Gasteiger partial charge >= 0.3 is 72.1 Å². The Hall–Kier alpha value is -12.6. The summed E-state index contributed by atoms with van der Waals surface area (Å²) >= 11 is 0. The predicted octanol–water partition coefficient (Wildman–Crippen LogP) is 7.92. The van der Waals surface area contributed by atoms with Gasteiger partial charge in [0.05, 0.1) is 0 Å². The van der Waals surface area contributed by atoms with E-state index >= 15 is 0 Å². The van der Waals surface area contributed by atoms with Crippen LogP contribution in [0.5, 0.6) is 23.0 Å². The molecular formula is C70H72N4O24. The lowest BCUT2D eigenvalue weighted by molar-refractivity contribution is -0.145. The summed E-state index contributed by atoms with van der Waals surface area (Å²) in [6.07, 6.45) is 2.86. The molecule has 0 heterocycles. The van der Waals surface area contributed by atoms with Crippen molar-refractivity contribution < 1.29 is 114 Å². The first-order valence-corrected chi connectivity index (χ1v) is 29.0. The summed E-state index contributed by atoms with van der Waals surface area (Å²) in [5, 5.41) is 10.2. The number of carbonyl (C=O) groups is 12. The Labute approximate surface area is 563 Å². The summed E-state index contributed by atoms with van der Waals surface area (Å²) in [7, 11) is 0. The quantitative estimate of drug-likeness (QED) is 0.0145. The van der Waals surface area contributed by atoms with Gasteiger partial charge in [-0.2, -0.15) is 0 Å². The van der Waals surface area contributed by atoms with Crippen molar-refractivity contribution in [1.29, 1.82) is 0 Å². The number of hydrogen-bond donors (Lipinski definition) is 4. The molecule has 0 aliphatic heterocycles. The van der Waals surface area contributed by atoms with Gasteiger partial charge in [-0.3, -0.25) is 0 Å². The minimum Gasteiger partial charge on any atom is -0.460 e. The van der Waals surface area contributed by atoms with E-state index in [-0.39, 0.29) is 23.0 Å². The highest BCUT2D eigenvalue weighted by atomic mass is 16.6. The van der Waals surface area contributed by atoms with Crippen LogP contribution >= 0.6 is 0 Å². The van der Waals surface area contributed by atoms with E-state index in [0.717, 1.165) is 48.6 Å². The standard InChI is InChI=1S/C70H72N4O24/c1-13-53(75)87-37-67(9,38-88-54(76)14-2)71-63(83)95-49-29-21-45(22-30-49)61(46-23-31-50(32-24-46)96-64(84)72-68(10,39-89-55(77)15-3)40-90-56(78)16-4)62(47-25-33-51(34-26-47)97-65(85)73-69(11,41-91-57(79)17-5)42-92-58(80)18-6)48-27-35-52(36-28-48)98-66(86)74-70(12,43-93-59(81)19-7)44-94-60(82)20-8/h13-36H,1-8,37-44H2,9-12H3,(H,71,83)(H,72,84)(H,73,85)(H,74,86). The average Bonchev–Trinajstić information content (AvgIpc) is 0.780. The highest BCUT2D eigenvalue weighted by Crippen LogP contribution is 2.39. The second-order valence-electron chi connectivity index (χ2n) is 21.6. The van der Waals surface area contributed by atoms with Gasteiger partial charge in [0, 0.05) is 48.6 Å². The molecule has 0 aliphatic rings. The summed E-state index contributed by atoms with van der Waals surface area (Å²) in [5.41, 5.74) is -3.80. The van der Waals surface area contributed by atoms with Crippen LogP contribution in [-0.2, 0) is 76.3 Å². The van der Waals surface area contributed by atoms with Crippen molar-refractivity contribution in [2.45, 2.75) is 49.9 Å². The highest BCUT2D eigenvalue weighted by Gasteiger charge is 2.35. The van der Waals surface area contributed by atoms with Crippen LogP contribution in [-0.4, -0.2) is 147 Å². The molecule has 516 valence electrons. The van der Waals surface area contributed by atoms with Crippen LogP contribution in [0.15, 0.2) is 198 Å². The van der Waals surface area contributed by atoms with E-state index in [1.165, 1.54) is 76.2 Å². The Morgan fingerprint density at radius 1 is 0.265 bits per heavy atom. The fraction of sp³-hybridized carbons (Fsp3) is 0.229. The predicted molar refractivity (Wildman–Crippen MR) is 350 cm³/mol. The van der Waals surface area contributed by atoms with Gasteiger partial charge in [-0.1, -0.05) is 101 Å². The van der Waals surface area contributed by atoms with Gasteiger partial charge in [-0.05, 0) is 110 Å². The Bertz CT molecular complexity index is 3140. The van der Waals surface area contributed by atoms with Crippen LogP contribution in [0.2, 0.25) is 0 Å². The topological polar surface area (TPSA) is 364 Å². The molecule has 4 aromatic rings. The molecule has 0 bridgehead atoms. The number of esters is 8. The van der Waals surface area contributed by atoms with E-state index < -0.39 is 147 Å². The van der Waals surface area contributed by atoms with Crippen molar-refractivity contribution in [3.63, 3.8) is 0 Å². The number of ether oxygens (including phenoxy) is 12. The Morgan fingerprint density at radius 2 is 0.398 bits per heavy atom. The molecule has 4 aromatic carbocycles. The van der Waals surface area contributed by atoms with Crippen molar-refractivity contribution in [3.05, 3.63) is 221 Å². The monoisotopic (exact) mass is 1350 g/mol. The summed E-state index contributed by atoms with van der Waals surface area (Å²) < 4.78 is 64.0. The third-order valence-electron chi connectivity index (χ3n) is 12.9.